The highest BCUT2D eigenvalue weighted by molar-refractivity contribution is 5.65. The number of rotatable bonds is 2. The molecule has 1 amide bonds. The van der Waals surface area contributed by atoms with Gasteiger partial charge in [-0.3, -0.25) is 0 Å². The molecule has 1 N–H and O–H groups in total. The summed E-state index contributed by atoms with van der Waals surface area (Å²) in [7, 11) is 1.63. The van der Waals surface area contributed by atoms with E-state index in [-0.39, 0.29) is 6.04 Å². The lowest BCUT2D eigenvalue weighted by molar-refractivity contribution is 0.131. The highest BCUT2D eigenvalue weighted by Gasteiger charge is 2.25. The molecule has 1 aliphatic heterocycles. The zero-order chi connectivity index (χ0) is 12.3. The van der Waals surface area contributed by atoms with Crippen LogP contribution in [0.2, 0.25) is 0 Å². The van der Waals surface area contributed by atoms with Crippen LogP contribution in [0.4, 0.5) is 10.6 Å². The Morgan fingerprint density at radius 3 is 2.76 bits per heavy atom. The third-order valence-electron chi connectivity index (χ3n) is 3.20. The predicted octanol–water partition coefficient (Wildman–Crippen LogP) is 1.06. The SMILES string of the molecule is CN(C(=O)O)C1CCN(c2ccncn2)CC1. The number of nitrogens with zero attached hydrogens (tertiary/aromatic N) is 4. The van der Waals surface area contributed by atoms with E-state index in [1.807, 2.05) is 6.07 Å². The van der Waals surface area contributed by atoms with Crippen LogP contribution in [0.1, 0.15) is 12.8 Å². The fourth-order valence-electron chi connectivity index (χ4n) is 2.11. The second-order valence-electron chi connectivity index (χ2n) is 4.18. The Balaban J connectivity index is 1.93. The number of carboxylic acid groups (broad SMARTS) is 1. The number of hydrogen-bond acceptors (Lipinski definition) is 4. The molecule has 0 bridgehead atoms. The normalized spacial score (nSPS) is 16.9. The van der Waals surface area contributed by atoms with Gasteiger partial charge in [-0.15, -0.1) is 0 Å². The van der Waals surface area contributed by atoms with E-state index < -0.39 is 6.09 Å². The van der Waals surface area contributed by atoms with Crippen LogP contribution in [0.15, 0.2) is 18.6 Å². The van der Waals surface area contributed by atoms with Gasteiger partial charge in [0.25, 0.3) is 0 Å². The van der Waals surface area contributed by atoms with Crippen molar-refractivity contribution in [1.29, 1.82) is 0 Å². The van der Waals surface area contributed by atoms with Gasteiger partial charge in [-0.2, -0.15) is 0 Å². The molecule has 92 valence electrons. The van der Waals surface area contributed by atoms with Gasteiger partial charge in [0.05, 0.1) is 0 Å². The van der Waals surface area contributed by atoms with Gasteiger partial charge in [-0.05, 0) is 18.9 Å². The molecule has 0 aromatic carbocycles. The Bertz CT molecular complexity index is 376. The third-order valence-corrected chi connectivity index (χ3v) is 3.20. The zero-order valence-corrected chi connectivity index (χ0v) is 9.78. The van der Waals surface area contributed by atoms with E-state index in [2.05, 4.69) is 14.9 Å². The predicted molar refractivity (Wildman–Crippen MR) is 63.1 cm³/mol. The molecule has 2 rings (SSSR count). The lowest BCUT2D eigenvalue weighted by Crippen LogP contribution is -2.45. The first-order chi connectivity index (χ1) is 8.18. The Morgan fingerprint density at radius 1 is 1.53 bits per heavy atom. The Kier molecular flexibility index (Phi) is 3.41. The number of carbonyl (C=O) groups is 1. The average molecular weight is 236 g/mol. The van der Waals surface area contributed by atoms with Gasteiger partial charge < -0.3 is 14.9 Å². The van der Waals surface area contributed by atoms with E-state index in [4.69, 9.17) is 5.11 Å². The maximum atomic E-state index is 10.8. The standard InChI is InChI=1S/C11H16N4O2/c1-14(11(16)17)9-3-6-15(7-4-9)10-2-5-12-8-13-10/h2,5,8-9H,3-4,6-7H2,1H3,(H,16,17). The molecule has 1 saturated heterocycles. The number of piperidine rings is 1. The highest BCUT2D eigenvalue weighted by Crippen LogP contribution is 2.19. The van der Waals surface area contributed by atoms with Gasteiger partial charge in [-0.25, -0.2) is 14.8 Å². The summed E-state index contributed by atoms with van der Waals surface area (Å²) in [4.78, 5) is 22.5. The van der Waals surface area contributed by atoms with E-state index in [1.165, 1.54) is 11.2 Å². The summed E-state index contributed by atoms with van der Waals surface area (Å²) in [5.74, 6) is 0.913. The van der Waals surface area contributed by atoms with Crippen molar-refractivity contribution < 1.29 is 9.90 Å². The van der Waals surface area contributed by atoms with Crippen molar-refractivity contribution in [2.45, 2.75) is 18.9 Å². The molecule has 0 aliphatic carbocycles. The number of aromatic nitrogens is 2. The average Bonchev–Trinajstić information content (AvgIpc) is 2.39. The number of hydrogen-bond donors (Lipinski definition) is 1. The Hall–Kier alpha value is -1.85. The van der Waals surface area contributed by atoms with E-state index in [0.717, 1.165) is 31.7 Å². The summed E-state index contributed by atoms with van der Waals surface area (Å²) < 4.78 is 0. The summed E-state index contributed by atoms with van der Waals surface area (Å²) in [6, 6.07) is 1.99. The molecule has 2 heterocycles. The van der Waals surface area contributed by atoms with Crippen molar-refractivity contribution in [2.24, 2.45) is 0 Å². The quantitative estimate of drug-likeness (QED) is 0.831. The van der Waals surface area contributed by atoms with Gasteiger partial charge in [0.2, 0.25) is 0 Å². The second-order valence-corrected chi connectivity index (χ2v) is 4.18. The molecule has 6 nitrogen and oxygen atoms in total. The molecule has 1 aromatic rings. The van der Waals surface area contributed by atoms with Crippen LogP contribution in [-0.2, 0) is 0 Å². The largest absolute Gasteiger partial charge is 0.465 e. The molecule has 1 aromatic heterocycles. The minimum absolute atomic E-state index is 0.116. The molecule has 6 heteroatoms. The number of anilines is 1. The van der Waals surface area contributed by atoms with Crippen LogP contribution in [0, 0.1) is 0 Å². The van der Waals surface area contributed by atoms with Crippen LogP contribution >= 0.6 is 0 Å². The molecule has 1 fully saturated rings. The first kappa shape index (κ1) is 11.6. The zero-order valence-electron chi connectivity index (χ0n) is 9.78. The van der Waals surface area contributed by atoms with E-state index in [9.17, 15) is 4.79 Å². The fraction of sp³-hybridized carbons (Fsp3) is 0.545. The van der Waals surface area contributed by atoms with Crippen molar-refractivity contribution in [3.63, 3.8) is 0 Å². The molecule has 0 atom stereocenters. The molecule has 0 saturated carbocycles. The smallest absolute Gasteiger partial charge is 0.407 e. The van der Waals surface area contributed by atoms with Crippen molar-refractivity contribution in [3.05, 3.63) is 18.6 Å². The first-order valence-corrected chi connectivity index (χ1v) is 5.65. The number of amides is 1. The maximum absolute atomic E-state index is 10.8. The Labute approximate surface area is 99.9 Å². The van der Waals surface area contributed by atoms with Gasteiger partial charge in [0.15, 0.2) is 0 Å². The summed E-state index contributed by atoms with van der Waals surface area (Å²) >= 11 is 0. The summed E-state index contributed by atoms with van der Waals surface area (Å²) in [6.45, 7) is 1.67. The minimum Gasteiger partial charge on any atom is -0.465 e. The molecule has 1 aliphatic rings. The van der Waals surface area contributed by atoms with Crippen LogP contribution in [0.3, 0.4) is 0 Å². The molecular weight excluding hydrogens is 220 g/mol. The minimum atomic E-state index is -0.856. The van der Waals surface area contributed by atoms with Gasteiger partial charge in [0.1, 0.15) is 12.1 Å². The monoisotopic (exact) mass is 236 g/mol. The first-order valence-electron chi connectivity index (χ1n) is 5.65. The van der Waals surface area contributed by atoms with E-state index >= 15 is 0 Å². The van der Waals surface area contributed by atoms with Crippen LogP contribution in [0.25, 0.3) is 0 Å². The van der Waals surface area contributed by atoms with Crippen molar-refractivity contribution >= 4 is 11.9 Å². The fourth-order valence-corrected chi connectivity index (χ4v) is 2.11. The lowest BCUT2D eigenvalue weighted by Gasteiger charge is -2.36. The van der Waals surface area contributed by atoms with Crippen LogP contribution < -0.4 is 4.90 Å². The summed E-state index contributed by atoms with van der Waals surface area (Å²) in [5.41, 5.74) is 0. The molecule has 17 heavy (non-hydrogen) atoms. The second kappa shape index (κ2) is 4.99. The molecular formula is C11H16N4O2. The maximum Gasteiger partial charge on any atom is 0.407 e. The molecule has 0 unspecified atom stereocenters. The van der Waals surface area contributed by atoms with Gasteiger partial charge >= 0.3 is 6.09 Å². The van der Waals surface area contributed by atoms with Crippen molar-refractivity contribution in [1.82, 2.24) is 14.9 Å². The molecule has 0 spiro atoms. The third kappa shape index (κ3) is 2.64. The van der Waals surface area contributed by atoms with Crippen LogP contribution in [0.5, 0.6) is 0 Å². The van der Waals surface area contributed by atoms with Gasteiger partial charge in [-0.1, -0.05) is 0 Å². The van der Waals surface area contributed by atoms with Crippen molar-refractivity contribution in [2.75, 3.05) is 25.0 Å². The van der Waals surface area contributed by atoms with E-state index in [1.54, 1.807) is 13.2 Å². The Morgan fingerprint density at radius 2 is 2.24 bits per heavy atom. The summed E-state index contributed by atoms with van der Waals surface area (Å²) in [5, 5.41) is 8.91. The topological polar surface area (TPSA) is 69.6 Å². The van der Waals surface area contributed by atoms with Crippen LogP contribution in [-0.4, -0.2) is 52.2 Å². The highest BCUT2D eigenvalue weighted by atomic mass is 16.4. The molecule has 0 radical (unpaired) electrons. The van der Waals surface area contributed by atoms with Gasteiger partial charge in [0, 0.05) is 32.4 Å². The van der Waals surface area contributed by atoms with E-state index in [0.29, 0.717) is 0 Å². The lowest BCUT2D eigenvalue weighted by atomic mass is 10.0. The van der Waals surface area contributed by atoms with Crippen molar-refractivity contribution in [3.8, 4) is 0 Å². The summed E-state index contributed by atoms with van der Waals surface area (Å²) in [6.07, 6.45) is 4.08.